The van der Waals surface area contributed by atoms with Crippen LogP contribution in [0.2, 0.25) is 0 Å². The van der Waals surface area contributed by atoms with E-state index in [1.54, 1.807) is 27.7 Å². The summed E-state index contributed by atoms with van der Waals surface area (Å²) < 4.78 is 4.51. The summed E-state index contributed by atoms with van der Waals surface area (Å²) in [6.07, 6.45) is 2.92. The number of methoxy groups -OCH3 is 1. The Labute approximate surface area is 119 Å². The number of hydrogen-bond donors (Lipinski definition) is 1. The number of esters is 1. The third kappa shape index (κ3) is 3.17. The number of ketones is 1. The molecule has 1 rings (SSSR count). The van der Waals surface area contributed by atoms with Crippen LogP contribution in [-0.2, 0) is 14.3 Å². The summed E-state index contributed by atoms with van der Waals surface area (Å²) in [7, 11) is 1.29. The van der Waals surface area contributed by atoms with Crippen LogP contribution in [0.3, 0.4) is 0 Å². The van der Waals surface area contributed by atoms with Crippen LogP contribution in [-0.4, -0.2) is 29.6 Å². The van der Waals surface area contributed by atoms with Gasteiger partial charge < -0.3 is 9.84 Å². The molecule has 4 heteroatoms. The molecule has 0 radical (unpaired) electrons. The van der Waals surface area contributed by atoms with Gasteiger partial charge in [-0.2, -0.15) is 0 Å². The van der Waals surface area contributed by atoms with Gasteiger partial charge in [0, 0.05) is 23.5 Å². The zero-order valence-corrected chi connectivity index (χ0v) is 12.5. The first-order valence-corrected chi connectivity index (χ1v) is 6.36. The highest BCUT2D eigenvalue weighted by Crippen LogP contribution is 2.42. The number of allylic oxidation sites excluding steroid dienone is 2. The Morgan fingerprint density at radius 3 is 2.60 bits per heavy atom. The summed E-state index contributed by atoms with van der Waals surface area (Å²) in [5.74, 6) is 5.06. The summed E-state index contributed by atoms with van der Waals surface area (Å²) in [5, 5.41) is 10.8. The van der Waals surface area contributed by atoms with Crippen molar-refractivity contribution < 1.29 is 19.4 Å². The Balaban J connectivity index is 3.18. The molecule has 0 aromatic heterocycles. The minimum absolute atomic E-state index is 0.0131. The molecule has 0 fully saturated rings. The second-order valence-corrected chi connectivity index (χ2v) is 5.67. The van der Waals surface area contributed by atoms with Crippen molar-refractivity contribution in [3.8, 4) is 11.8 Å². The maximum Gasteiger partial charge on any atom is 0.331 e. The largest absolute Gasteiger partial charge is 0.466 e. The van der Waals surface area contributed by atoms with E-state index >= 15 is 0 Å². The zero-order chi connectivity index (χ0) is 15.6. The number of rotatable bonds is 1. The van der Waals surface area contributed by atoms with E-state index in [4.69, 9.17) is 0 Å². The Bertz CT molecular complexity index is 555. The molecule has 0 spiro atoms. The molecule has 0 aliphatic heterocycles. The van der Waals surface area contributed by atoms with Crippen molar-refractivity contribution in [2.24, 2.45) is 5.41 Å². The molecule has 0 amide bonds. The lowest BCUT2D eigenvalue weighted by molar-refractivity contribution is -0.134. The molecule has 20 heavy (non-hydrogen) atoms. The number of ether oxygens (including phenoxy) is 1. The van der Waals surface area contributed by atoms with Gasteiger partial charge in [0.1, 0.15) is 0 Å². The quantitative estimate of drug-likeness (QED) is 0.450. The van der Waals surface area contributed by atoms with Crippen LogP contribution >= 0.6 is 0 Å². The van der Waals surface area contributed by atoms with Crippen molar-refractivity contribution in [1.82, 2.24) is 0 Å². The van der Waals surface area contributed by atoms with Crippen LogP contribution in [0, 0.1) is 17.3 Å². The molecule has 1 aliphatic rings. The van der Waals surface area contributed by atoms with Gasteiger partial charge in [-0.1, -0.05) is 25.7 Å². The van der Waals surface area contributed by atoms with Crippen LogP contribution in [0.15, 0.2) is 23.3 Å². The third-order valence-electron chi connectivity index (χ3n) is 3.52. The van der Waals surface area contributed by atoms with E-state index in [-0.39, 0.29) is 12.2 Å². The highest BCUT2D eigenvalue weighted by Gasteiger charge is 2.47. The first kappa shape index (κ1) is 16.2. The van der Waals surface area contributed by atoms with Crippen molar-refractivity contribution in [3.63, 3.8) is 0 Å². The molecule has 0 bridgehead atoms. The van der Waals surface area contributed by atoms with E-state index in [0.29, 0.717) is 11.1 Å². The smallest absolute Gasteiger partial charge is 0.331 e. The van der Waals surface area contributed by atoms with Gasteiger partial charge in [0.2, 0.25) is 0 Å². The molecule has 0 heterocycles. The monoisotopic (exact) mass is 276 g/mol. The van der Waals surface area contributed by atoms with Crippen molar-refractivity contribution in [3.05, 3.63) is 23.3 Å². The highest BCUT2D eigenvalue weighted by atomic mass is 16.5. The van der Waals surface area contributed by atoms with Crippen molar-refractivity contribution in [2.75, 3.05) is 7.11 Å². The van der Waals surface area contributed by atoms with E-state index in [1.165, 1.54) is 19.3 Å². The maximum absolute atomic E-state index is 11.6. The normalized spacial score (nSPS) is 25.4. The van der Waals surface area contributed by atoms with E-state index in [1.807, 2.05) is 0 Å². The lowest BCUT2D eigenvalue weighted by Crippen LogP contribution is -2.48. The van der Waals surface area contributed by atoms with E-state index in [2.05, 4.69) is 16.6 Å². The van der Waals surface area contributed by atoms with E-state index in [0.717, 1.165) is 0 Å². The molecule has 108 valence electrons. The van der Waals surface area contributed by atoms with Crippen molar-refractivity contribution >= 4 is 11.8 Å². The van der Waals surface area contributed by atoms with Gasteiger partial charge in [0.05, 0.1) is 7.11 Å². The molecule has 1 unspecified atom stereocenters. The first-order chi connectivity index (χ1) is 9.12. The van der Waals surface area contributed by atoms with Gasteiger partial charge in [0.15, 0.2) is 11.4 Å². The Morgan fingerprint density at radius 1 is 1.50 bits per heavy atom. The minimum atomic E-state index is -1.38. The highest BCUT2D eigenvalue weighted by molar-refractivity contribution is 5.93. The standard InChI is InChI=1S/C16H20O4/c1-11(8-14(18)20-5)6-7-16(19)12(2)9-13(17)10-15(16,3)4/h8-9,19H,10H2,1-5H3/b11-8+. The van der Waals surface area contributed by atoms with Crippen molar-refractivity contribution in [2.45, 2.75) is 39.7 Å². The number of aliphatic hydroxyl groups is 1. The lowest BCUT2D eigenvalue weighted by atomic mass is 9.65. The molecular weight excluding hydrogens is 256 g/mol. The molecule has 1 N–H and O–H groups in total. The molecule has 0 saturated heterocycles. The van der Waals surface area contributed by atoms with Crippen LogP contribution in [0.5, 0.6) is 0 Å². The average molecular weight is 276 g/mol. The van der Waals surface area contributed by atoms with Gasteiger partial charge in [-0.05, 0) is 25.5 Å². The Hall–Kier alpha value is -1.86. The average Bonchev–Trinajstić information content (AvgIpc) is 2.32. The molecule has 0 aromatic carbocycles. The molecule has 1 aliphatic carbocycles. The minimum Gasteiger partial charge on any atom is -0.466 e. The summed E-state index contributed by atoms with van der Waals surface area (Å²) in [4.78, 5) is 22.7. The van der Waals surface area contributed by atoms with Gasteiger partial charge in [0.25, 0.3) is 0 Å². The predicted molar refractivity (Wildman–Crippen MR) is 75.7 cm³/mol. The molecule has 0 saturated carbocycles. The fourth-order valence-electron chi connectivity index (χ4n) is 2.22. The third-order valence-corrected chi connectivity index (χ3v) is 3.52. The summed E-state index contributed by atoms with van der Waals surface area (Å²) in [5.41, 5.74) is -1.05. The fraction of sp³-hybridized carbons (Fsp3) is 0.500. The van der Waals surface area contributed by atoms with Crippen LogP contribution < -0.4 is 0 Å². The predicted octanol–water partition coefficient (Wildman–Crippen LogP) is 1.79. The Morgan fingerprint density at radius 2 is 2.10 bits per heavy atom. The van der Waals surface area contributed by atoms with Crippen LogP contribution in [0.1, 0.15) is 34.1 Å². The Kier molecular flexibility index (Phi) is 4.57. The molecular formula is C16H20O4. The maximum atomic E-state index is 11.6. The number of hydrogen-bond acceptors (Lipinski definition) is 4. The summed E-state index contributed by atoms with van der Waals surface area (Å²) in [6, 6.07) is 0. The topological polar surface area (TPSA) is 63.6 Å². The second kappa shape index (κ2) is 5.64. The number of carbonyl (C=O) groups excluding carboxylic acids is 2. The molecule has 1 atom stereocenters. The summed E-state index contributed by atoms with van der Waals surface area (Å²) in [6.45, 7) is 6.95. The van der Waals surface area contributed by atoms with Gasteiger partial charge in [-0.15, -0.1) is 0 Å². The van der Waals surface area contributed by atoms with E-state index in [9.17, 15) is 14.7 Å². The SMILES string of the molecule is COC(=O)/C=C(\C)C#CC1(O)C(C)=CC(=O)CC1(C)C. The zero-order valence-electron chi connectivity index (χ0n) is 12.5. The van der Waals surface area contributed by atoms with Crippen molar-refractivity contribution in [1.29, 1.82) is 0 Å². The van der Waals surface area contributed by atoms with Crippen LogP contribution in [0.4, 0.5) is 0 Å². The second-order valence-electron chi connectivity index (χ2n) is 5.67. The van der Waals surface area contributed by atoms with Gasteiger partial charge >= 0.3 is 5.97 Å². The number of carbonyl (C=O) groups is 2. The molecule has 4 nitrogen and oxygen atoms in total. The fourth-order valence-corrected chi connectivity index (χ4v) is 2.22. The lowest BCUT2D eigenvalue weighted by Gasteiger charge is -2.42. The van der Waals surface area contributed by atoms with Crippen LogP contribution in [0.25, 0.3) is 0 Å². The first-order valence-electron chi connectivity index (χ1n) is 6.36. The molecule has 0 aromatic rings. The van der Waals surface area contributed by atoms with Gasteiger partial charge in [-0.3, -0.25) is 4.79 Å². The summed E-state index contributed by atoms with van der Waals surface area (Å²) >= 11 is 0. The van der Waals surface area contributed by atoms with E-state index < -0.39 is 17.0 Å². The van der Waals surface area contributed by atoms with Gasteiger partial charge in [-0.25, -0.2) is 4.79 Å².